The SMILES string of the molecule is CC/C=C\C/C=C\C/C=C\C/C=C\C/C=C\C/C=C\C/C=C\C/C=C\C/C=C\C/C=C\C/C=C\CCCCCC(=O)OC(COC(=O)CCCCCCCCCCCCCCCC/C=C\C/C=C\C/C=C\C/C=C\C/C=C\C/C=C\C/C=C\C/C=C\CC)COP(=O)(O)OCC[N+](C)(C)C. The van der Waals surface area contributed by atoms with Gasteiger partial charge in [0.15, 0.2) is 6.10 Å². The fourth-order valence-electron chi connectivity index (χ4n) is 9.80. The molecule has 0 heterocycles. The minimum Gasteiger partial charge on any atom is -0.462 e. The number of esters is 2. The molecule has 0 radical (unpaired) electrons. The standard InChI is InChI=1S/C90H142NO8P/c1-6-8-10-12-14-16-18-20-22-24-26-28-30-32-34-36-38-40-42-44-45-47-48-50-52-54-56-58-60-62-64-66-68-70-72-74-76-78-80-82-89(92)96-86-88(87-98-100(94,95)97-85-84-91(3,4)5)99-90(93)83-81-79-77-75-73-71-69-67-65-63-61-59-57-55-53-51-49-46-43-41-39-37-35-33-31-29-27-25-23-21-19-17-15-13-11-9-7-2/h8-11,14-17,20-23,26-29,32-35,38-41,44-46,48-50,53,55,59,61,65,67,71,73,88H,6-7,12-13,18-19,24-25,30-31,36-37,42-43,47,51-52,54,56-58,60,62-64,66,68-70,72,74-87H2,1-5H3/p+1/b10-8-,11-9-,16-14-,17-15-,22-20-,23-21-,28-26-,29-27-,34-32-,35-33-,40-38-,41-39-,45-44-,49-46-,50-48-,55-53-,61-59-,67-65-,73-71-. The van der Waals surface area contributed by atoms with E-state index >= 15 is 0 Å². The largest absolute Gasteiger partial charge is 0.472 e. The van der Waals surface area contributed by atoms with Crippen molar-refractivity contribution in [2.24, 2.45) is 0 Å². The second-order valence-corrected chi connectivity index (χ2v) is 27.7. The van der Waals surface area contributed by atoms with Crippen molar-refractivity contribution in [2.75, 3.05) is 47.5 Å². The van der Waals surface area contributed by atoms with Crippen LogP contribution in [0.3, 0.4) is 0 Å². The zero-order chi connectivity index (χ0) is 72.5. The lowest BCUT2D eigenvalue weighted by molar-refractivity contribution is -0.870. The summed E-state index contributed by atoms with van der Waals surface area (Å²) in [5, 5.41) is 0. The summed E-state index contributed by atoms with van der Waals surface area (Å²) in [5.74, 6) is -0.850. The van der Waals surface area contributed by atoms with Gasteiger partial charge in [0.1, 0.15) is 19.8 Å². The molecule has 100 heavy (non-hydrogen) atoms. The van der Waals surface area contributed by atoms with Gasteiger partial charge in [-0.05, 0) is 161 Å². The minimum atomic E-state index is -4.42. The number of allylic oxidation sites excluding steroid dienone is 38. The van der Waals surface area contributed by atoms with E-state index in [9.17, 15) is 19.0 Å². The van der Waals surface area contributed by atoms with E-state index in [4.69, 9.17) is 18.5 Å². The van der Waals surface area contributed by atoms with Gasteiger partial charge in [-0.25, -0.2) is 4.57 Å². The van der Waals surface area contributed by atoms with Crippen LogP contribution in [-0.2, 0) is 32.7 Å². The first-order valence-electron chi connectivity index (χ1n) is 39.1. The molecule has 1 N–H and O–H groups in total. The predicted molar refractivity (Wildman–Crippen MR) is 435 cm³/mol. The van der Waals surface area contributed by atoms with Crippen LogP contribution in [0.4, 0.5) is 0 Å². The third-order valence-electron chi connectivity index (χ3n) is 15.7. The number of likely N-dealkylation sites (N-methyl/N-ethyl adjacent to an activating group) is 1. The van der Waals surface area contributed by atoms with Crippen molar-refractivity contribution in [1.29, 1.82) is 0 Å². The second-order valence-electron chi connectivity index (χ2n) is 26.3. The highest BCUT2D eigenvalue weighted by atomic mass is 31.2. The summed E-state index contributed by atoms with van der Waals surface area (Å²) in [4.78, 5) is 36.0. The molecule has 0 fully saturated rings. The lowest BCUT2D eigenvalue weighted by atomic mass is 10.0. The first kappa shape index (κ1) is 94.1. The molecule has 0 spiro atoms. The molecule has 0 saturated carbocycles. The quantitative estimate of drug-likeness (QED) is 0.0211. The normalized spacial score (nSPS) is 14.3. The molecular weight excluding hydrogens is 1250 g/mol. The molecule has 0 bridgehead atoms. The highest BCUT2D eigenvalue weighted by Crippen LogP contribution is 2.43. The van der Waals surface area contributed by atoms with Gasteiger partial charge in [0, 0.05) is 12.8 Å². The Bertz CT molecular complexity index is 2550. The van der Waals surface area contributed by atoms with Crippen LogP contribution in [0, 0.1) is 0 Å². The summed E-state index contributed by atoms with van der Waals surface area (Å²) in [6.45, 7) is 4.14. The number of hydrogen-bond donors (Lipinski definition) is 1. The summed E-state index contributed by atoms with van der Waals surface area (Å²) in [5.41, 5.74) is 0. The number of rotatable bonds is 69. The maximum Gasteiger partial charge on any atom is 0.472 e. The zero-order valence-corrected chi connectivity index (χ0v) is 64.7. The van der Waals surface area contributed by atoms with Crippen molar-refractivity contribution in [1.82, 2.24) is 0 Å². The molecule has 0 rings (SSSR count). The maximum atomic E-state index is 12.9. The first-order valence-corrected chi connectivity index (χ1v) is 40.6. The van der Waals surface area contributed by atoms with Crippen LogP contribution < -0.4 is 0 Å². The van der Waals surface area contributed by atoms with E-state index in [1.54, 1.807) is 0 Å². The van der Waals surface area contributed by atoms with Crippen molar-refractivity contribution < 1.29 is 42.1 Å². The van der Waals surface area contributed by atoms with Gasteiger partial charge in [-0.1, -0.05) is 328 Å². The Labute approximate surface area is 613 Å². The summed E-state index contributed by atoms with van der Waals surface area (Å²) >= 11 is 0. The molecule has 0 aliphatic carbocycles. The third-order valence-corrected chi connectivity index (χ3v) is 16.7. The Morgan fingerprint density at radius 2 is 0.540 bits per heavy atom. The number of nitrogens with zero attached hydrogens (tertiary/aromatic N) is 1. The number of unbranched alkanes of at least 4 members (excludes halogenated alkanes) is 17. The van der Waals surface area contributed by atoms with Gasteiger partial charge < -0.3 is 18.9 Å². The molecule has 0 aromatic heterocycles. The van der Waals surface area contributed by atoms with Crippen LogP contribution in [0.2, 0.25) is 0 Å². The number of phosphoric acid groups is 1. The van der Waals surface area contributed by atoms with E-state index < -0.39 is 26.5 Å². The number of hydrogen-bond acceptors (Lipinski definition) is 7. The van der Waals surface area contributed by atoms with Crippen LogP contribution in [0.1, 0.15) is 271 Å². The Kier molecular flexibility index (Phi) is 72.7. The molecule has 0 amide bonds. The van der Waals surface area contributed by atoms with Crippen LogP contribution in [0.15, 0.2) is 231 Å². The number of carbonyl (C=O) groups is 2. The van der Waals surface area contributed by atoms with E-state index in [0.29, 0.717) is 17.4 Å². The Hall–Kier alpha value is -5.93. The van der Waals surface area contributed by atoms with Gasteiger partial charge in [0.05, 0.1) is 27.7 Å². The Morgan fingerprint density at radius 3 is 0.810 bits per heavy atom. The van der Waals surface area contributed by atoms with Crippen molar-refractivity contribution >= 4 is 19.8 Å². The van der Waals surface area contributed by atoms with Crippen molar-refractivity contribution in [3.63, 3.8) is 0 Å². The second kappa shape index (κ2) is 77.2. The van der Waals surface area contributed by atoms with E-state index in [0.717, 1.165) is 167 Å². The zero-order valence-electron chi connectivity index (χ0n) is 63.8. The van der Waals surface area contributed by atoms with Gasteiger partial charge in [-0.15, -0.1) is 0 Å². The van der Waals surface area contributed by atoms with Gasteiger partial charge >= 0.3 is 19.8 Å². The number of phosphoric ester groups is 1. The van der Waals surface area contributed by atoms with Gasteiger partial charge in [-0.2, -0.15) is 0 Å². The molecule has 0 aromatic rings. The molecule has 2 atom stereocenters. The monoisotopic (exact) mass is 1400 g/mol. The Morgan fingerprint density at radius 1 is 0.310 bits per heavy atom. The van der Waals surface area contributed by atoms with Crippen LogP contribution >= 0.6 is 7.82 Å². The third kappa shape index (κ3) is 81.0. The van der Waals surface area contributed by atoms with Crippen molar-refractivity contribution in [3.8, 4) is 0 Å². The van der Waals surface area contributed by atoms with E-state index in [-0.39, 0.29) is 32.0 Å². The van der Waals surface area contributed by atoms with E-state index in [1.807, 2.05) is 21.1 Å². The molecule has 0 aromatic carbocycles. The molecule has 9 nitrogen and oxygen atoms in total. The summed E-state index contributed by atoms with van der Waals surface area (Å²) in [6, 6.07) is 0. The number of quaternary nitrogens is 1. The average Bonchev–Trinajstić information content (AvgIpc) is 1.02. The average molecular weight is 1400 g/mol. The van der Waals surface area contributed by atoms with E-state index in [2.05, 4.69) is 245 Å². The van der Waals surface area contributed by atoms with Gasteiger partial charge in [0.25, 0.3) is 0 Å². The summed E-state index contributed by atoms with van der Waals surface area (Å²) in [7, 11) is 1.43. The maximum absolute atomic E-state index is 12.9. The molecule has 2 unspecified atom stereocenters. The smallest absolute Gasteiger partial charge is 0.462 e. The highest BCUT2D eigenvalue weighted by Gasteiger charge is 2.27. The molecule has 0 saturated heterocycles. The molecule has 10 heteroatoms. The molecular formula is C90H143NO8P+. The number of ether oxygens (including phenoxy) is 2. The van der Waals surface area contributed by atoms with E-state index in [1.165, 1.54) is 70.6 Å². The van der Waals surface area contributed by atoms with Gasteiger partial charge in [-0.3, -0.25) is 18.6 Å². The summed E-state index contributed by atoms with van der Waals surface area (Å²) < 4.78 is 34.7. The lowest BCUT2D eigenvalue weighted by Gasteiger charge is -2.24. The predicted octanol–water partition coefficient (Wildman–Crippen LogP) is 26.5. The van der Waals surface area contributed by atoms with Crippen LogP contribution in [0.25, 0.3) is 0 Å². The minimum absolute atomic E-state index is 0.0131. The highest BCUT2D eigenvalue weighted by molar-refractivity contribution is 7.47. The summed E-state index contributed by atoms with van der Waals surface area (Å²) in [6.07, 6.45) is 125. The fourth-order valence-corrected chi connectivity index (χ4v) is 10.5. The molecule has 560 valence electrons. The fraction of sp³-hybridized carbons (Fsp3) is 0.556. The topological polar surface area (TPSA) is 108 Å². The van der Waals surface area contributed by atoms with Crippen molar-refractivity contribution in [2.45, 2.75) is 277 Å². The molecule has 0 aliphatic rings. The lowest BCUT2D eigenvalue weighted by Crippen LogP contribution is -2.37. The molecule has 0 aliphatic heterocycles. The van der Waals surface area contributed by atoms with Crippen LogP contribution in [-0.4, -0.2) is 74.9 Å². The first-order chi connectivity index (χ1) is 49.0. The Balaban J connectivity index is 4.15. The number of carbonyl (C=O) groups excluding carboxylic acids is 2. The van der Waals surface area contributed by atoms with Gasteiger partial charge in [0.2, 0.25) is 0 Å². The van der Waals surface area contributed by atoms with Crippen LogP contribution in [0.5, 0.6) is 0 Å². The van der Waals surface area contributed by atoms with Crippen molar-refractivity contribution in [3.05, 3.63) is 231 Å².